The van der Waals surface area contributed by atoms with Crippen molar-refractivity contribution >= 4 is 39.0 Å². The number of halogens is 2. The smallest absolute Gasteiger partial charge is 0.339 e. The second-order valence-corrected chi connectivity index (χ2v) is 7.74. The Bertz CT molecular complexity index is 859. The summed E-state index contributed by atoms with van der Waals surface area (Å²) < 4.78 is 29.7. The van der Waals surface area contributed by atoms with Crippen molar-refractivity contribution in [3.8, 4) is 11.5 Å². The predicted molar refractivity (Wildman–Crippen MR) is 89.1 cm³/mol. The van der Waals surface area contributed by atoms with Gasteiger partial charge in [0.2, 0.25) is 0 Å². The Morgan fingerprint density at radius 2 is 1.71 bits per heavy atom. The number of benzene rings is 2. The molecule has 0 spiro atoms. The number of carbonyl (C=O) groups is 1. The number of aromatic carboxylic acids is 1. The Hall–Kier alpha value is -1.96. The minimum atomic E-state index is -3.67. The summed E-state index contributed by atoms with van der Waals surface area (Å²) in [6.45, 7) is -0.212. The number of carboxylic acid groups (broad SMARTS) is 1. The number of hydrogen-bond acceptors (Lipinski definition) is 5. The Kier molecular flexibility index (Phi) is 5.58. The molecular weight excluding hydrogens is 379 g/mol. The Balaban J connectivity index is 2.08. The molecule has 0 amide bonds. The number of phenols is 1. The molecule has 0 saturated carbocycles. The van der Waals surface area contributed by atoms with Crippen LogP contribution in [0.4, 0.5) is 0 Å². The molecule has 2 rings (SSSR count). The van der Waals surface area contributed by atoms with E-state index in [1.165, 1.54) is 24.3 Å². The van der Waals surface area contributed by atoms with E-state index in [2.05, 4.69) is 0 Å². The monoisotopic (exact) mass is 390 g/mol. The van der Waals surface area contributed by atoms with Gasteiger partial charge in [0.25, 0.3) is 0 Å². The van der Waals surface area contributed by atoms with Crippen LogP contribution in [0.5, 0.6) is 11.5 Å². The van der Waals surface area contributed by atoms with Gasteiger partial charge in [-0.2, -0.15) is 0 Å². The number of sulfone groups is 1. The molecule has 0 aliphatic carbocycles. The molecule has 0 aliphatic rings. The highest BCUT2D eigenvalue weighted by atomic mass is 35.5. The van der Waals surface area contributed by atoms with E-state index in [1.54, 1.807) is 0 Å². The zero-order chi connectivity index (χ0) is 17.9. The van der Waals surface area contributed by atoms with E-state index in [9.17, 15) is 18.3 Å². The molecule has 24 heavy (non-hydrogen) atoms. The molecule has 2 aromatic rings. The lowest BCUT2D eigenvalue weighted by Gasteiger charge is -2.09. The topological polar surface area (TPSA) is 101 Å². The lowest BCUT2D eigenvalue weighted by Crippen LogP contribution is -2.14. The first-order valence-electron chi connectivity index (χ1n) is 6.57. The van der Waals surface area contributed by atoms with Crippen LogP contribution in [0.3, 0.4) is 0 Å². The first-order chi connectivity index (χ1) is 11.2. The van der Waals surface area contributed by atoms with Crippen LogP contribution in [-0.2, 0) is 9.84 Å². The van der Waals surface area contributed by atoms with Crippen LogP contribution in [-0.4, -0.2) is 37.0 Å². The number of rotatable bonds is 6. The molecule has 2 N–H and O–H groups in total. The van der Waals surface area contributed by atoms with Gasteiger partial charge in [-0.3, -0.25) is 0 Å². The summed E-state index contributed by atoms with van der Waals surface area (Å²) in [6, 6.07) is 7.59. The summed E-state index contributed by atoms with van der Waals surface area (Å²) >= 11 is 11.6. The van der Waals surface area contributed by atoms with E-state index >= 15 is 0 Å². The summed E-state index contributed by atoms with van der Waals surface area (Å²) in [5, 5.41) is 18.7. The Labute approximate surface area is 148 Å². The first-order valence-corrected chi connectivity index (χ1v) is 8.98. The van der Waals surface area contributed by atoms with E-state index < -0.39 is 21.6 Å². The largest absolute Gasteiger partial charge is 0.507 e. The molecule has 0 unspecified atom stereocenters. The number of aromatic hydroxyl groups is 1. The lowest BCUT2D eigenvalue weighted by molar-refractivity contribution is 0.0693. The molecule has 0 atom stereocenters. The van der Waals surface area contributed by atoms with Crippen LogP contribution in [0, 0.1) is 0 Å². The highest BCUT2D eigenvalue weighted by Crippen LogP contribution is 2.25. The van der Waals surface area contributed by atoms with Crippen molar-refractivity contribution in [1.82, 2.24) is 0 Å². The van der Waals surface area contributed by atoms with Gasteiger partial charge in [-0.1, -0.05) is 23.2 Å². The summed E-state index contributed by atoms with van der Waals surface area (Å²) in [4.78, 5) is 10.9. The number of carboxylic acids is 1. The van der Waals surface area contributed by atoms with Gasteiger partial charge in [-0.05, 0) is 36.4 Å². The maximum Gasteiger partial charge on any atom is 0.339 e. The number of hydrogen-bond donors (Lipinski definition) is 2. The molecule has 0 fully saturated rings. The summed E-state index contributed by atoms with van der Waals surface area (Å²) in [6.07, 6.45) is 0. The Morgan fingerprint density at radius 1 is 1.08 bits per heavy atom. The molecule has 0 saturated heterocycles. The highest BCUT2D eigenvalue weighted by Gasteiger charge is 2.17. The van der Waals surface area contributed by atoms with Crippen molar-refractivity contribution in [2.45, 2.75) is 4.90 Å². The first kappa shape index (κ1) is 18.4. The maximum absolute atomic E-state index is 12.2. The zero-order valence-corrected chi connectivity index (χ0v) is 14.4. The summed E-state index contributed by atoms with van der Waals surface area (Å²) in [7, 11) is -3.67. The second-order valence-electron chi connectivity index (χ2n) is 4.76. The van der Waals surface area contributed by atoms with E-state index in [0.29, 0.717) is 0 Å². The maximum atomic E-state index is 12.2. The fourth-order valence-corrected chi connectivity index (χ4v) is 3.68. The third kappa shape index (κ3) is 4.53. The fourth-order valence-electron chi connectivity index (χ4n) is 1.87. The van der Waals surface area contributed by atoms with Crippen molar-refractivity contribution < 1.29 is 28.2 Å². The second kappa shape index (κ2) is 7.29. The highest BCUT2D eigenvalue weighted by molar-refractivity contribution is 7.91. The average Bonchev–Trinajstić information content (AvgIpc) is 2.47. The van der Waals surface area contributed by atoms with Crippen molar-refractivity contribution in [2.24, 2.45) is 0 Å². The molecular formula is C15H12Cl2O6S. The van der Waals surface area contributed by atoms with Crippen LogP contribution < -0.4 is 4.74 Å². The van der Waals surface area contributed by atoms with E-state index in [4.69, 9.17) is 33.0 Å². The molecule has 0 bridgehead atoms. The molecule has 0 aliphatic heterocycles. The van der Waals surface area contributed by atoms with Gasteiger partial charge < -0.3 is 14.9 Å². The minimum Gasteiger partial charge on any atom is -0.507 e. The molecule has 0 radical (unpaired) electrons. The molecule has 2 aromatic carbocycles. The fraction of sp³-hybridized carbons (Fsp3) is 0.133. The summed E-state index contributed by atoms with van der Waals surface area (Å²) in [5.74, 6) is -1.95. The summed E-state index contributed by atoms with van der Waals surface area (Å²) in [5.41, 5.74) is -0.336. The van der Waals surface area contributed by atoms with Crippen LogP contribution in [0.2, 0.25) is 10.0 Å². The van der Waals surface area contributed by atoms with E-state index in [-0.39, 0.29) is 38.6 Å². The van der Waals surface area contributed by atoms with Gasteiger partial charge in [0.15, 0.2) is 9.84 Å². The van der Waals surface area contributed by atoms with Crippen molar-refractivity contribution in [3.63, 3.8) is 0 Å². The third-order valence-electron chi connectivity index (χ3n) is 3.01. The average molecular weight is 391 g/mol. The van der Waals surface area contributed by atoms with E-state index in [0.717, 1.165) is 12.1 Å². The molecule has 0 aromatic heterocycles. The van der Waals surface area contributed by atoms with Crippen molar-refractivity contribution in [1.29, 1.82) is 0 Å². The SMILES string of the molecule is O=C(O)c1cc(OCCS(=O)(=O)c2cc(Cl)cc(Cl)c2)ccc1O. The standard InChI is InChI=1S/C15H12Cl2O6S/c16-9-5-10(17)7-12(6-9)24(21,22)4-3-23-11-1-2-14(18)13(8-11)15(19)20/h1-2,5-8,18H,3-4H2,(H,19,20). The van der Waals surface area contributed by atoms with Crippen LogP contribution in [0.25, 0.3) is 0 Å². The van der Waals surface area contributed by atoms with Gasteiger partial charge in [-0.15, -0.1) is 0 Å². The van der Waals surface area contributed by atoms with Crippen LogP contribution in [0.1, 0.15) is 10.4 Å². The zero-order valence-electron chi connectivity index (χ0n) is 12.1. The van der Waals surface area contributed by atoms with Gasteiger partial charge in [0, 0.05) is 10.0 Å². The lowest BCUT2D eigenvalue weighted by atomic mass is 10.2. The van der Waals surface area contributed by atoms with Gasteiger partial charge in [0.05, 0.1) is 10.6 Å². The Morgan fingerprint density at radius 3 is 2.29 bits per heavy atom. The van der Waals surface area contributed by atoms with Crippen molar-refractivity contribution in [2.75, 3.05) is 12.4 Å². The number of ether oxygens (including phenoxy) is 1. The normalized spacial score (nSPS) is 11.2. The van der Waals surface area contributed by atoms with Gasteiger partial charge >= 0.3 is 5.97 Å². The molecule has 6 nitrogen and oxygen atoms in total. The van der Waals surface area contributed by atoms with Crippen molar-refractivity contribution in [3.05, 3.63) is 52.0 Å². The molecule has 128 valence electrons. The van der Waals surface area contributed by atoms with E-state index in [1.807, 2.05) is 0 Å². The van der Waals surface area contributed by atoms with Gasteiger partial charge in [0.1, 0.15) is 23.7 Å². The predicted octanol–water partition coefficient (Wildman–Crippen LogP) is 3.25. The quantitative estimate of drug-likeness (QED) is 0.784. The van der Waals surface area contributed by atoms with Crippen LogP contribution in [0.15, 0.2) is 41.3 Å². The third-order valence-corrected chi connectivity index (χ3v) is 5.11. The molecule has 9 heteroatoms. The molecule has 0 heterocycles. The minimum absolute atomic E-state index is 0.0273. The van der Waals surface area contributed by atoms with Gasteiger partial charge in [-0.25, -0.2) is 13.2 Å². The van der Waals surface area contributed by atoms with Crippen LogP contribution >= 0.6 is 23.2 Å².